The Hall–Kier alpha value is -1.78. The summed E-state index contributed by atoms with van der Waals surface area (Å²) in [5, 5.41) is 12.2. The van der Waals surface area contributed by atoms with Crippen LogP contribution < -0.4 is 5.32 Å². The molecule has 6 heteroatoms. The first-order valence-electron chi connectivity index (χ1n) is 5.40. The molecular formula is C13H10Cl2N2O2. The van der Waals surface area contributed by atoms with Crippen molar-refractivity contribution in [1.82, 2.24) is 4.98 Å². The number of amides is 1. The lowest BCUT2D eigenvalue weighted by molar-refractivity contribution is 0.102. The Kier molecular flexibility index (Phi) is 3.93. The Labute approximate surface area is 120 Å². The molecule has 1 heterocycles. The number of hydrogen-bond acceptors (Lipinski definition) is 3. The number of carbonyl (C=O) groups excluding carboxylic acids is 1. The van der Waals surface area contributed by atoms with Crippen LogP contribution in [0.15, 0.2) is 30.5 Å². The van der Waals surface area contributed by atoms with Crippen molar-refractivity contribution >= 4 is 34.8 Å². The van der Waals surface area contributed by atoms with E-state index >= 15 is 0 Å². The minimum atomic E-state index is -0.316. The molecule has 1 aromatic heterocycles. The van der Waals surface area contributed by atoms with Gasteiger partial charge in [0.25, 0.3) is 5.91 Å². The van der Waals surface area contributed by atoms with Gasteiger partial charge < -0.3 is 10.4 Å². The number of halogens is 2. The van der Waals surface area contributed by atoms with Gasteiger partial charge in [-0.05, 0) is 31.2 Å². The van der Waals surface area contributed by atoms with Gasteiger partial charge in [-0.3, -0.25) is 9.78 Å². The number of hydrogen-bond donors (Lipinski definition) is 2. The molecule has 1 aromatic carbocycles. The maximum Gasteiger partial charge on any atom is 0.257 e. The van der Waals surface area contributed by atoms with E-state index in [-0.39, 0.29) is 21.7 Å². The topological polar surface area (TPSA) is 62.2 Å². The first kappa shape index (κ1) is 13.6. The van der Waals surface area contributed by atoms with Crippen molar-refractivity contribution in [3.05, 3.63) is 51.8 Å². The van der Waals surface area contributed by atoms with Crippen LogP contribution in [0.25, 0.3) is 0 Å². The fourth-order valence-corrected chi connectivity index (χ4v) is 2.05. The van der Waals surface area contributed by atoms with Crippen molar-refractivity contribution in [3.63, 3.8) is 0 Å². The average Bonchev–Trinajstić information content (AvgIpc) is 2.36. The maximum atomic E-state index is 12.0. The molecule has 98 valence electrons. The lowest BCUT2D eigenvalue weighted by Crippen LogP contribution is -2.13. The molecule has 2 N–H and O–H groups in total. The Morgan fingerprint density at radius 1 is 1.32 bits per heavy atom. The fourth-order valence-electron chi connectivity index (χ4n) is 1.56. The summed E-state index contributed by atoms with van der Waals surface area (Å²) in [6.07, 6.45) is 1.61. The van der Waals surface area contributed by atoms with Crippen molar-refractivity contribution in [3.8, 4) is 5.75 Å². The van der Waals surface area contributed by atoms with Crippen molar-refractivity contribution in [1.29, 1.82) is 0 Å². The molecular weight excluding hydrogens is 287 g/mol. The molecule has 0 aliphatic rings. The molecule has 0 saturated heterocycles. The number of carbonyl (C=O) groups is 1. The summed E-state index contributed by atoms with van der Waals surface area (Å²) in [6, 6.07) is 6.19. The zero-order chi connectivity index (χ0) is 14.0. The van der Waals surface area contributed by atoms with Crippen molar-refractivity contribution in [2.45, 2.75) is 6.92 Å². The maximum absolute atomic E-state index is 12.0. The largest absolute Gasteiger partial charge is 0.505 e. The molecule has 19 heavy (non-hydrogen) atoms. The number of benzene rings is 1. The number of phenols is 1. The van der Waals surface area contributed by atoms with Gasteiger partial charge in [0, 0.05) is 17.6 Å². The van der Waals surface area contributed by atoms with Gasteiger partial charge >= 0.3 is 0 Å². The van der Waals surface area contributed by atoms with Gasteiger partial charge in [0.2, 0.25) is 0 Å². The van der Waals surface area contributed by atoms with E-state index in [2.05, 4.69) is 10.3 Å². The minimum Gasteiger partial charge on any atom is -0.505 e. The van der Waals surface area contributed by atoms with Gasteiger partial charge in [-0.2, -0.15) is 0 Å². The number of aromatic hydroxyl groups is 1. The first-order valence-corrected chi connectivity index (χ1v) is 6.15. The van der Waals surface area contributed by atoms with Crippen LogP contribution >= 0.6 is 23.2 Å². The normalized spacial score (nSPS) is 10.3. The molecule has 0 atom stereocenters. The van der Waals surface area contributed by atoms with Crippen LogP contribution in [-0.2, 0) is 0 Å². The Morgan fingerprint density at radius 2 is 1.95 bits per heavy atom. The number of phenolic OH excluding ortho intramolecular Hbond substituents is 1. The lowest BCUT2D eigenvalue weighted by atomic mass is 10.2. The summed E-state index contributed by atoms with van der Waals surface area (Å²) < 4.78 is 0. The summed E-state index contributed by atoms with van der Waals surface area (Å²) in [6.45, 7) is 1.74. The van der Waals surface area contributed by atoms with Crippen LogP contribution in [0.2, 0.25) is 10.0 Å². The molecule has 0 unspecified atom stereocenters. The van der Waals surface area contributed by atoms with Crippen LogP contribution in [0.3, 0.4) is 0 Å². The lowest BCUT2D eigenvalue weighted by Gasteiger charge is -2.09. The number of rotatable bonds is 2. The molecule has 0 radical (unpaired) electrons. The fraction of sp³-hybridized carbons (Fsp3) is 0.0769. The average molecular weight is 297 g/mol. The molecule has 1 amide bonds. The number of nitrogens with zero attached hydrogens (tertiary/aromatic N) is 1. The number of aryl methyl sites for hydroxylation is 1. The van der Waals surface area contributed by atoms with E-state index < -0.39 is 0 Å². The van der Waals surface area contributed by atoms with Crippen LogP contribution in [-0.4, -0.2) is 16.0 Å². The molecule has 2 aromatic rings. The van der Waals surface area contributed by atoms with Gasteiger partial charge in [-0.1, -0.05) is 23.2 Å². The van der Waals surface area contributed by atoms with Gasteiger partial charge in [0.1, 0.15) is 0 Å². The Balaban J connectivity index is 2.27. The predicted octanol–water partition coefficient (Wildman–Crippen LogP) is 3.65. The predicted molar refractivity (Wildman–Crippen MR) is 75.1 cm³/mol. The van der Waals surface area contributed by atoms with E-state index in [9.17, 15) is 9.90 Å². The zero-order valence-electron chi connectivity index (χ0n) is 9.95. The highest BCUT2D eigenvalue weighted by atomic mass is 35.5. The molecule has 0 saturated carbocycles. The van der Waals surface area contributed by atoms with Crippen molar-refractivity contribution in [2.75, 3.05) is 5.32 Å². The van der Waals surface area contributed by atoms with Gasteiger partial charge in [-0.15, -0.1) is 0 Å². The van der Waals surface area contributed by atoms with E-state index in [0.29, 0.717) is 16.9 Å². The minimum absolute atomic E-state index is 0.0747. The molecule has 0 fully saturated rings. The zero-order valence-corrected chi connectivity index (χ0v) is 11.5. The SMILES string of the molecule is Cc1ncccc1C(=O)Nc1cc(Cl)c(O)c(Cl)c1. The molecule has 0 bridgehead atoms. The van der Waals surface area contributed by atoms with Crippen LogP contribution in [0.5, 0.6) is 5.75 Å². The van der Waals surface area contributed by atoms with E-state index in [1.165, 1.54) is 12.1 Å². The van der Waals surface area contributed by atoms with Crippen molar-refractivity contribution < 1.29 is 9.90 Å². The standard InChI is InChI=1S/C13H10Cl2N2O2/c1-7-9(3-2-4-16-7)13(19)17-8-5-10(14)12(18)11(15)6-8/h2-6,18H,1H3,(H,17,19). The second-order valence-electron chi connectivity index (χ2n) is 3.88. The summed E-state index contributed by atoms with van der Waals surface area (Å²) in [5.41, 5.74) is 1.49. The van der Waals surface area contributed by atoms with E-state index in [0.717, 1.165) is 0 Å². The Bertz CT molecular complexity index is 621. The smallest absolute Gasteiger partial charge is 0.257 e. The highest BCUT2D eigenvalue weighted by Crippen LogP contribution is 2.34. The van der Waals surface area contributed by atoms with Gasteiger partial charge in [0.05, 0.1) is 15.6 Å². The summed E-state index contributed by atoms with van der Waals surface area (Å²) >= 11 is 11.6. The highest BCUT2D eigenvalue weighted by molar-refractivity contribution is 6.37. The number of pyridine rings is 1. The van der Waals surface area contributed by atoms with Gasteiger partial charge in [-0.25, -0.2) is 0 Å². The van der Waals surface area contributed by atoms with E-state index in [1.807, 2.05) is 0 Å². The Morgan fingerprint density at radius 3 is 2.53 bits per heavy atom. The van der Waals surface area contributed by atoms with Crippen LogP contribution in [0.1, 0.15) is 16.1 Å². The summed E-state index contributed by atoms with van der Waals surface area (Å²) in [7, 11) is 0. The third-order valence-corrected chi connectivity index (χ3v) is 3.10. The van der Waals surface area contributed by atoms with Crippen molar-refractivity contribution in [2.24, 2.45) is 0 Å². The van der Waals surface area contributed by atoms with Crippen LogP contribution in [0, 0.1) is 6.92 Å². The number of aromatic nitrogens is 1. The van der Waals surface area contributed by atoms with Crippen LogP contribution in [0.4, 0.5) is 5.69 Å². The second-order valence-corrected chi connectivity index (χ2v) is 4.69. The quantitative estimate of drug-likeness (QED) is 0.832. The third-order valence-electron chi connectivity index (χ3n) is 2.53. The number of anilines is 1. The molecule has 2 rings (SSSR count). The summed E-state index contributed by atoms with van der Waals surface area (Å²) in [4.78, 5) is 16.1. The first-order chi connectivity index (χ1) is 8.99. The van der Waals surface area contributed by atoms with E-state index in [1.54, 1.807) is 25.3 Å². The molecule has 4 nitrogen and oxygen atoms in total. The van der Waals surface area contributed by atoms with Gasteiger partial charge in [0.15, 0.2) is 5.75 Å². The number of nitrogens with one attached hydrogen (secondary N) is 1. The van der Waals surface area contributed by atoms with E-state index in [4.69, 9.17) is 23.2 Å². The highest BCUT2D eigenvalue weighted by Gasteiger charge is 2.12. The third kappa shape index (κ3) is 2.97. The second kappa shape index (κ2) is 5.47. The summed E-state index contributed by atoms with van der Waals surface area (Å²) in [5.74, 6) is -0.526. The molecule has 0 aliphatic heterocycles. The molecule has 0 aliphatic carbocycles. The molecule has 0 spiro atoms. The monoisotopic (exact) mass is 296 g/mol.